The van der Waals surface area contributed by atoms with Crippen molar-refractivity contribution in [1.29, 1.82) is 0 Å². The molecule has 0 radical (unpaired) electrons. The van der Waals surface area contributed by atoms with Gasteiger partial charge in [-0.1, -0.05) is 18.2 Å². The van der Waals surface area contributed by atoms with Crippen molar-refractivity contribution in [3.63, 3.8) is 0 Å². The van der Waals surface area contributed by atoms with Crippen molar-refractivity contribution in [3.8, 4) is 0 Å². The molecule has 0 spiro atoms. The zero-order valence-corrected chi connectivity index (χ0v) is 18.4. The largest absolute Gasteiger partial charge is 0.481 e. The molecule has 4 unspecified atom stereocenters. The molecule has 1 aliphatic heterocycles. The maximum Gasteiger partial charge on any atom is 0.315 e. The maximum atomic E-state index is 15.0. The van der Waals surface area contributed by atoms with Crippen LogP contribution in [-0.2, 0) is 20.7 Å². The lowest BCUT2D eigenvalue weighted by atomic mass is 9.63. The summed E-state index contributed by atoms with van der Waals surface area (Å²) in [6.45, 7) is 6.54. The number of carboxylic acids is 1. The van der Waals surface area contributed by atoms with Crippen molar-refractivity contribution in [3.05, 3.63) is 65.5 Å². The predicted octanol–water partition coefficient (Wildman–Crippen LogP) is 4.19. The third kappa shape index (κ3) is 4.54. The van der Waals surface area contributed by atoms with Gasteiger partial charge in [0, 0.05) is 29.9 Å². The van der Waals surface area contributed by atoms with Crippen molar-refractivity contribution in [2.24, 2.45) is 16.8 Å². The fraction of sp³-hybridized carbons (Fsp3) is 0.417. The van der Waals surface area contributed by atoms with E-state index in [-0.39, 0.29) is 12.0 Å². The number of carbonyl (C=O) groups is 2. The highest BCUT2D eigenvalue weighted by Gasteiger charge is 2.55. The smallest absolute Gasteiger partial charge is 0.315 e. The molecule has 0 amide bonds. The van der Waals surface area contributed by atoms with Crippen LogP contribution in [0.2, 0.25) is 0 Å². The fourth-order valence-corrected chi connectivity index (χ4v) is 4.58. The van der Waals surface area contributed by atoms with Crippen molar-refractivity contribution in [1.82, 2.24) is 4.98 Å². The Morgan fingerprint density at radius 1 is 1.19 bits per heavy atom. The number of carbonyl (C=O) groups excluding carboxylic acids is 1. The van der Waals surface area contributed by atoms with Gasteiger partial charge >= 0.3 is 11.9 Å². The van der Waals surface area contributed by atoms with Gasteiger partial charge in [0.1, 0.15) is 5.92 Å². The quantitative estimate of drug-likeness (QED) is 0.675. The van der Waals surface area contributed by atoms with E-state index in [1.54, 1.807) is 52.1 Å². The van der Waals surface area contributed by atoms with E-state index in [0.29, 0.717) is 11.4 Å². The zero-order valence-electron chi connectivity index (χ0n) is 18.4. The maximum absolute atomic E-state index is 15.0. The highest BCUT2D eigenvalue weighted by molar-refractivity contribution is 6.04. The van der Waals surface area contributed by atoms with E-state index in [0.717, 1.165) is 6.07 Å². The third-order valence-electron chi connectivity index (χ3n) is 5.75. The average molecular weight is 444 g/mol. The summed E-state index contributed by atoms with van der Waals surface area (Å²) in [6.07, 6.45) is 1.25. The Bertz CT molecular complexity index is 1040. The topological polar surface area (TPSA) is 88.9 Å². The second-order valence-corrected chi connectivity index (χ2v) is 8.56. The molecule has 1 aromatic heterocycles. The molecule has 32 heavy (non-hydrogen) atoms. The van der Waals surface area contributed by atoms with Crippen molar-refractivity contribution < 1.29 is 28.2 Å². The monoisotopic (exact) mass is 444 g/mol. The minimum absolute atomic E-state index is 0.140. The van der Waals surface area contributed by atoms with Gasteiger partial charge in [0.05, 0.1) is 17.6 Å². The van der Waals surface area contributed by atoms with Crippen LogP contribution in [0.4, 0.5) is 8.78 Å². The first-order valence-electron chi connectivity index (χ1n) is 10.4. The molecule has 1 N–H and O–H groups in total. The number of pyridine rings is 1. The molecular formula is C24H26F2N2O4. The van der Waals surface area contributed by atoms with Crippen LogP contribution in [0.5, 0.6) is 0 Å². The summed E-state index contributed by atoms with van der Waals surface area (Å²) in [6, 6.07) is 8.81. The van der Waals surface area contributed by atoms with E-state index >= 15 is 0 Å². The van der Waals surface area contributed by atoms with Gasteiger partial charge in [0.25, 0.3) is 0 Å². The van der Waals surface area contributed by atoms with Crippen LogP contribution in [-0.4, -0.2) is 39.4 Å². The highest BCUT2D eigenvalue weighted by atomic mass is 19.2. The van der Waals surface area contributed by atoms with E-state index in [1.807, 2.05) is 0 Å². The summed E-state index contributed by atoms with van der Waals surface area (Å²) < 4.78 is 34.5. The number of rotatable bonds is 6. The number of hydrogen-bond donors (Lipinski definition) is 1. The van der Waals surface area contributed by atoms with Gasteiger partial charge in [-0.2, -0.15) is 0 Å². The van der Waals surface area contributed by atoms with Crippen LogP contribution in [0.3, 0.4) is 0 Å². The summed E-state index contributed by atoms with van der Waals surface area (Å²) in [5.74, 6) is -8.02. The van der Waals surface area contributed by atoms with Gasteiger partial charge in [-0.25, -0.2) is 8.78 Å². The summed E-state index contributed by atoms with van der Waals surface area (Å²) in [7, 11) is 0. The Morgan fingerprint density at radius 3 is 2.50 bits per heavy atom. The number of aliphatic imine (C=N–C) groups is 1. The molecule has 2 heterocycles. The van der Waals surface area contributed by atoms with Crippen LogP contribution >= 0.6 is 0 Å². The molecule has 8 heteroatoms. The van der Waals surface area contributed by atoms with Crippen molar-refractivity contribution >= 4 is 17.7 Å². The van der Waals surface area contributed by atoms with Crippen LogP contribution < -0.4 is 0 Å². The number of esters is 1. The van der Waals surface area contributed by atoms with Crippen LogP contribution in [0.25, 0.3) is 0 Å². The van der Waals surface area contributed by atoms with Crippen molar-refractivity contribution in [2.45, 2.75) is 51.7 Å². The SMILES string of the molecule is CC1=NC(C)(Cc2ccccn2)C(C(=O)O)C(c2cccc(F)c2F)C1C(=O)OC(C)C. The molecule has 6 nitrogen and oxygen atoms in total. The number of benzene rings is 1. The molecule has 1 aromatic carbocycles. The van der Waals surface area contributed by atoms with E-state index in [9.17, 15) is 23.5 Å². The van der Waals surface area contributed by atoms with Gasteiger partial charge in [-0.3, -0.25) is 19.6 Å². The standard InChI is InChI=1S/C24H26F2N2O4/c1-13(2)32-23(31)18-14(3)28-24(4,12-15-8-5-6-11-27-15)20(22(29)30)19(18)16-9-7-10-17(25)21(16)26/h5-11,13,18-20H,12H2,1-4H3,(H,29,30). The Kier molecular flexibility index (Phi) is 6.71. The molecule has 0 aliphatic carbocycles. The zero-order chi connectivity index (χ0) is 23.6. The van der Waals surface area contributed by atoms with Gasteiger partial charge in [-0.15, -0.1) is 0 Å². The van der Waals surface area contributed by atoms with Gasteiger partial charge < -0.3 is 9.84 Å². The minimum atomic E-state index is -1.34. The number of aliphatic carboxylic acids is 1. The first kappa shape index (κ1) is 23.5. The Morgan fingerprint density at radius 2 is 1.91 bits per heavy atom. The first-order chi connectivity index (χ1) is 15.0. The Labute approximate surface area is 185 Å². The number of nitrogens with zero attached hydrogens (tertiary/aromatic N) is 2. The van der Waals surface area contributed by atoms with E-state index < -0.39 is 53.0 Å². The molecule has 0 bridgehead atoms. The second-order valence-electron chi connectivity index (χ2n) is 8.56. The number of ether oxygens (including phenoxy) is 1. The normalized spacial score (nSPS) is 25.3. The molecule has 1 aliphatic rings. The molecule has 4 atom stereocenters. The second kappa shape index (κ2) is 9.14. The fourth-order valence-electron chi connectivity index (χ4n) is 4.58. The lowest BCUT2D eigenvalue weighted by Crippen LogP contribution is -2.53. The van der Waals surface area contributed by atoms with Gasteiger partial charge in [0.15, 0.2) is 11.6 Å². The first-order valence-corrected chi connectivity index (χ1v) is 10.4. The number of aromatic nitrogens is 1. The number of carboxylic acid groups (broad SMARTS) is 1. The Balaban J connectivity index is 2.23. The van der Waals surface area contributed by atoms with Gasteiger partial charge in [-0.05, 0) is 51.5 Å². The lowest BCUT2D eigenvalue weighted by molar-refractivity contribution is -0.154. The molecule has 3 rings (SSSR count). The Hall–Kier alpha value is -3.16. The molecule has 2 aromatic rings. The molecule has 0 saturated heterocycles. The van der Waals surface area contributed by atoms with Crippen LogP contribution in [0, 0.1) is 23.5 Å². The summed E-state index contributed by atoms with van der Waals surface area (Å²) in [5, 5.41) is 10.3. The van der Waals surface area contributed by atoms with Gasteiger partial charge in [0.2, 0.25) is 0 Å². The van der Waals surface area contributed by atoms with E-state index in [1.165, 1.54) is 12.1 Å². The molecule has 0 fully saturated rings. The molecular weight excluding hydrogens is 418 g/mol. The van der Waals surface area contributed by atoms with E-state index in [2.05, 4.69) is 9.98 Å². The number of hydrogen-bond acceptors (Lipinski definition) is 5. The average Bonchev–Trinajstić information content (AvgIpc) is 2.69. The third-order valence-corrected chi connectivity index (χ3v) is 5.75. The van der Waals surface area contributed by atoms with E-state index in [4.69, 9.17) is 4.74 Å². The van der Waals surface area contributed by atoms with Crippen LogP contribution in [0.1, 0.15) is 44.9 Å². The predicted molar refractivity (Wildman–Crippen MR) is 114 cm³/mol. The lowest BCUT2D eigenvalue weighted by Gasteiger charge is -2.44. The summed E-state index contributed by atoms with van der Waals surface area (Å²) >= 11 is 0. The summed E-state index contributed by atoms with van der Waals surface area (Å²) in [4.78, 5) is 34.5. The number of halogens is 2. The molecule has 170 valence electrons. The minimum Gasteiger partial charge on any atom is -0.481 e. The summed E-state index contributed by atoms with van der Waals surface area (Å²) in [5.41, 5.74) is -0.549. The van der Waals surface area contributed by atoms with Crippen LogP contribution in [0.15, 0.2) is 47.6 Å². The highest BCUT2D eigenvalue weighted by Crippen LogP contribution is 2.47. The molecule has 0 saturated carbocycles. The van der Waals surface area contributed by atoms with Crippen molar-refractivity contribution in [2.75, 3.05) is 0 Å².